The van der Waals surface area contributed by atoms with E-state index in [0.717, 1.165) is 25.9 Å². The maximum Gasteiger partial charge on any atom is 0.270 e. The largest absolute Gasteiger partial charge is 0.368 e. The molecule has 2 saturated heterocycles. The van der Waals surface area contributed by atoms with E-state index in [0.29, 0.717) is 49.0 Å². The van der Waals surface area contributed by atoms with Crippen molar-refractivity contribution in [1.29, 1.82) is 0 Å². The van der Waals surface area contributed by atoms with Crippen molar-refractivity contribution in [3.8, 4) is 0 Å². The van der Waals surface area contributed by atoms with Crippen LogP contribution in [0, 0.1) is 33.6 Å². The lowest BCUT2D eigenvalue weighted by Gasteiger charge is -2.37. The van der Waals surface area contributed by atoms with Gasteiger partial charge in [0.15, 0.2) is 0 Å². The number of benzene rings is 1. The fourth-order valence-electron chi connectivity index (χ4n) is 5.07. The highest BCUT2D eigenvalue weighted by molar-refractivity contribution is 7.89. The number of nitrogens with one attached hydrogen (secondary N) is 1. The Hall–Kier alpha value is -2.32. The molecule has 2 aromatic rings. The second-order valence-electron chi connectivity index (χ2n) is 9.66. The summed E-state index contributed by atoms with van der Waals surface area (Å²) in [5.41, 5.74) is 5.24. The molecule has 4 rings (SSSR count). The average molecular weight is 473 g/mol. The van der Waals surface area contributed by atoms with Crippen molar-refractivity contribution in [2.75, 3.05) is 44.2 Å². The molecule has 7 nitrogen and oxygen atoms in total. The summed E-state index contributed by atoms with van der Waals surface area (Å²) in [7, 11) is -3.62. The number of nitrogens with zero attached hydrogens (tertiary/aromatic N) is 3. The van der Waals surface area contributed by atoms with Gasteiger partial charge in [0.25, 0.3) is 5.91 Å². The van der Waals surface area contributed by atoms with Gasteiger partial charge in [0.2, 0.25) is 10.0 Å². The summed E-state index contributed by atoms with van der Waals surface area (Å²) in [5.74, 6) is 0.425. The number of H-pyrrole nitrogens is 1. The first-order valence-corrected chi connectivity index (χ1v) is 13.3. The number of aromatic amines is 1. The molecule has 2 fully saturated rings. The molecule has 1 amide bonds. The number of piperidine rings is 1. The summed E-state index contributed by atoms with van der Waals surface area (Å²) in [6.07, 6.45) is 1.75. The van der Waals surface area contributed by atoms with Crippen LogP contribution in [0.15, 0.2) is 23.1 Å². The Bertz CT molecular complexity index is 1140. The Labute approximate surface area is 197 Å². The number of piperazine rings is 1. The van der Waals surface area contributed by atoms with Crippen LogP contribution in [0.1, 0.15) is 52.6 Å². The molecular formula is C25H36N4O3S. The van der Waals surface area contributed by atoms with Gasteiger partial charge in [-0.3, -0.25) is 4.79 Å². The molecule has 0 spiro atoms. The van der Waals surface area contributed by atoms with E-state index in [9.17, 15) is 13.2 Å². The molecule has 0 saturated carbocycles. The lowest BCUT2D eigenvalue weighted by molar-refractivity contribution is 0.0740. The number of sulfonamides is 1. The van der Waals surface area contributed by atoms with Crippen LogP contribution >= 0.6 is 0 Å². The van der Waals surface area contributed by atoms with Crippen molar-refractivity contribution >= 4 is 21.6 Å². The van der Waals surface area contributed by atoms with E-state index in [1.165, 1.54) is 16.8 Å². The molecule has 0 radical (unpaired) electrons. The molecule has 1 aromatic carbocycles. The molecule has 2 aliphatic rings. The molecule has 33 heavy (non-hydrogen) atoms. The van der Waals surface area contributed by atoms with Crippen molar-refractivity contribution in [3.05, 3.63) is 46.3 Å². The van der Waals surface area contributed by atoms with Gasteiger partial charge in [-0.15, -0.1) is 0 Å². The molecule has 180 valence electrons. The lowest BCUT2D eigenvalue weighted by Crippen LogP contribution is -2.49. The zero-order valence-electron chi connectivity index (χ0n) is 20.4. The molecule has 1 aromatic heterocycles. The van der Waals surface area contributed by atoms with Gasteiger partial charge in [-0.1, -0.05) is 19.1 Å². The van der Waals surface area contributed by atoms with Crippen molar-refractivity contribution < 1.29 is 13.2 Å². The van der Waals surface area contributed by atoms with Gasteiger partial charge in [0, 0.05) is 50.6 Å². The monoisotopic (exact) mass is 472 g/mol. The van der Waals surface area contributed by atoms with Crippen LogP contribution in [0.25, 0.3) is 0 Å². The number of hydrogen-bond acceptors (Lipinski definition) is 4. The normalized spacial score (nSPS) is 18.7. The highest BCUT2D eigenvalue weighted by atomic mass is 32.2. The van der Waals surface area contributed by atoms with Gasteiger partial charge < -0.3 is 14.8 Å². The quantitative estimate of drug-likeness (QED) is 0.737. The number of hydrogen-bond donors (Lipinski definition) is 1. The smallest absolute Gasteiger partial charge is 0.270 e. The summed E-state index contributed by atoms with van der Waals surface area (Å²) < 4.78 is 28.3. The van der Waals surface area contributed by atoms with E-state index in [1.807, 2.05) is 4.90 Å². The van der Waals surface area contributed by atoms with Gasteiger partial charge in [-0.25, -0.2) is 8.42 Å². The van der Waals surface area contributed by atoms with Crippen molar-refractivity contribution in [2.24, 2.45) is 5.92 Å². The Morgan fingerprint density at radius 1 is 0.939 bits per heavy atom. The molecule has 0 atom stereocenters. The van der Waals surface area contributed by atoms with E-state index in [2.05, 4.69) is 48.9 Å². The number of rotatable bonds is 4. The van der Waals surface area contributed by atoms with Crippen LogP contribution < -0.4 is 4.90 Å². The number of anilines is 1. The molecule has 2 aliphatic heterocycles. The topological polar surface area (TPSA) is 76.7 Å². The minimum atomic E-state index is -3.62. The minimum Gasteiger partial charge on any atom is -0.368 e. The van der Waals surface area contributed by atoms with Crippen molar-refractivity contribution in [1.82, 2.24) is 14.2 Å². The minimum absolute atomic E-state index is 0.120. The second-order valence-corrected chi connectivity index (χ2v) is 11.5. The van der Waals surface area contributed by atoms with Gasteiger partial charge in [0.05, 0.1) is 0 Å². The fraction of sp³-hybridized carbons (Fsp3) is 0.560. The van der Waals surface area contributed by atoms with Crippen LogP contribution in [0.2, 0.25) is 0 Å². The molecule has 8 heteroatoms. The number of amides is 1. The molecule has 0 aliphatic carbocycles. The summed E-state index contributed by atoms with van der Waals surface area (Å²) in [6, 6.07) is 6.33. The van der Waals surface area contributed by atoms with E-state index < -0.39 is 10.0 Å². The van der Waals surface area contributed by atoms with E-state index >= 15 is 0 Å². The average Bonchev–Trinajstić information content (AvgIpc) is 3.10. The van der Waals surface area contributed by atoms with Crippen LogP contribution in [-0.4, -0.2) is 67.8 Å². The zero-order chi connectivity index (χ0) is 23.9. The summed E-state index contributed by atoms with van der Waals surface area (Å²) >= 11 is 0. The maximum absolute atomic E-state index is 13.4. The number of aromatic nitrogens is 1. The van der Waals surface area contributed by atoms with Gasteiger partial charge >= 0.3 is 0 Å². The maximum atomic E-state index is 13.4. The number of aryl methyl sites for hydroxylation is 2. The first kappa shape index (κ1) is 23.8. The van der Waals surface area contributed by atoms with Crippen LogP contribution in [0.4, 0.5) is 5.69 Å². The Morgan fingerprint density at radius 3 is 2.21 bits per heavy atom. The first-order valence-electron chi connectivity index (χ1n) is 11.9. The molecule has 3 heterocycles. The number of carbonyl (C=O) groups is 1. The zero-order valence-corrected chi connectivity index (χ0v) is 21.3. The van der Waals surface area contributed by atoms with Crippen molar-refractivity contribution in [3.63, 3.8) is 0 Å². The van der Waals surface area contributed by atoms with Crippen LogP contribution in [0.3, 0.4) is 0 Å². The Kier molecular flexibility index (Phi) is 6.60. The van der Waals surface area contributed by atoms with Gasteiger partial charge in [-0.05, 0) is 69.2 Å². The standard InChI is InChI=1S/C25H36N4O3S/c1-17-9-11-29(12-10-17)33(31,32)24-20(4)23(26-21(24)5)25(30)28-15-13-27(14-16-28)22-8-6-7-18(2)19(22)3/h6-8,17,26H,9-16H2,1-5H3. The Morgan fingerprint density at radius 2 is 1.58 bits per heavy atom. The summed E-state index contributed by atoms with van der Waals surface area (Å²) in [5, 5.41) is 0. The SMILES string of the molecule is Cc1cccc(N2CCN(C(=O)c3[nH]c(C)c(S(=O)(=O)N4CCC(C)CC4)c3C)CC2)c1C. The molecular weight excluding hydrogens is 436 g/mol. The highest BCUT2D eigenvalue weighted by Gasteiger charge is 2.34. The van der Waals surface area contributed by atoms with Gasteiger partial charge in [0.1, 0.15) is 10.6 Å². The van der Waals surface area contributed by atoms with E-state index in [-0.39, 0.29) is 10.8 Å². The molecule has 0 bridgehead atoms. The third kappa shape index (κ3) is 4.43. The van der Waals surface area contributed by atoms with E-state index in [1.54, 1.807) is 18.2 Å². The number of carbonyl (C=O) groups excluding carboxylic acids is 1. The van der Waals surface area contributed by atoms with E-state index in [4.69, 9.17) is 0 Å². The summed E-state index contributed by atoms with van der Waals surface area (Å²) in [4.78, 5) is 20.9. The summed E-state index contributed by atoms with van der Waals surface area (Å²) in [6.45, 7) is 13.7. The second kappa shape index (κ2) is 9.14. The van der Waals surface area contributed by atoms with Crippen molar-refractivity contribution in [2.45, 2.75) is 52.4 Å². The molecule has 1 N–H and O–H groups in total. The highest BCUT2D eigenvalue weighted by Crippen LogP contribution is 2.30. The first-order chi connectivity index (χ1) is 15.6. The predicted molar refractivity (Wildman–Crippen MR) is 131 cm³/mol. The predicted octanol–water partition coefficient (Wildman–Crippen LogP) is 3.63. The Balaban J connectivity index is 1.50. The van der Waals surface area contributed by atoms with Crippen LogP contribution in [-0.2, 0) is 10.0 Å². The molecule has 0 unspecified atom stereocenters. The van der Waals surface area contributed by atoms with Gasteiger partial charge in [-0.2, -0.15) is 4.31 Å². The van der Waals surface area contributed by atoms with Crippen LogP contribution in [0.5, 0.6) is 0 Å². The lowest BCUT2D eigenvalue weighted by atomic mass is 10.0. The fourth-order valence-corrected chi connectivity index (χ4v) is 6.95. The third-order valence-electron chi connectivity index (χ3n) is 7.41. The third-order valence-corrected chi connectivity index (χ3v) is 9.58.